The predicted molar refractivity (Wildman–Crippen MR) is 44.0 cm³/mol. The first-order chi connectivity index (χ1) is 7.84. The van der Waals surface area contributed by atoms with E-state index in [0.717, 1.165) is 0 Å². The molecule has 0 amide bonds. The Morgan fingerprint density at radius 3 is 2.47 bits per heavy atom. The average Bonchev–Trinajstić information content (AvgIpc) is 2.67. The van der Waals surface area contributed by atoms with E-state index in [4.69, 9.17) is 9.84 Å². The van der Waals surface area contributed by atoms with Crippen molar-refractivity contribution in [2.45, 2.75) is 24.5 Å². The molecule has 2 rings (SSSR count). The molecule has 0 aromatic carbocycles. The van der Waals surface area contributed by atoms with Crippen molar-refractivity contribution in [3.8, 4) is 5.95 Å². The summed E-state index contributed by atoms with van der Waals surface area (Å²) in [6.45, 7) is -0.681. The normalized spacial score (nSPS) is 28.7. The van der Waals surface area contributed by atoms with Crippen molar-refractivity contribution in [1.29, 1.82) is 0 Å². The quantitative estimate of drug-likeness (QED) is 0.645. The van der Waals surface area contributed by atoms with E-state index in [1.165, 1.54) is 0 Å². The van der Waals surface area contributed by atoms with Crippen molar-refractivity contribution in [2.24, 2.45) is 0 Å². The number of aromatic nitrogens is 1. The Bertz CT molecular complexity index is 418. The number of rotatable bonds is 1. The Hall–Kier alpha value is -1.32. The molecular formula is C8H8F3NO5. The molecule has 3 atom stereocenters. The summed E-state index contributed by atoms with van der Waals surface area (Å²) in [4.78, 5) is 3.01. The van der Waals surface area contributed by atoms with Gasteiger partial charge in [0.2, 0.25) is 0 Å². The summed E-state index contributed by atoms with van der Waals surface area (Å²) >= 11 is 0. The monoisotopic (exact) mass is 255 g/mol. The highest BCUT2D eigenvalue weighted by Gasteiger charge is 2.45. The van der Waals surface area contributed by atoms with Gasteiger partial charge in [0, 0.05) is 0 Å². The van der Waals surface area contributed by atoms with Gasteiger partial charge in [0.05, 0.1) is 6.61 Å². The summed E-state index contributed by atoms with van der Waals surface area (Å²) in [7, 11) is 0. The molecule has 0 fully saturated rings. The third-order valence-corrected chi connectivity index (χ3v) is 2.29. The molecule has 0 unspecified atom stereocenters. The lowest BCUT2D eigenvalue weighted by atomic mass is 10.0. The van der Waals surface area contributed by atoms with E-state index in [1.807, 2.05) is 0 Å². The minimum absolute atomic E-state index is 0.533. The van der Waals surface area contributed by atoms with Gasteiger partial charge in [0.1, 0.15) is 12.2 Å². The second-order valence-electron chi connectivity index (χ2n) is 3.46. The van der Waals surface area contributed by atoms with E-state index in [0.29, 0.717) is 0 Å². The third kappa shape index (κ3) is 1.96. The highest BCUT2D eigenvalue weighted by molar-refractivity contribution is 5.24. The van der Waals surface area contributed by atoms with E-state index in [9.17, 15) is 23.4 Å². The van der Waals surface area contributed by atoms with Gasteiger partial charge in [0.15, 0.2) is 11.8 Å². The predicted octanol–water partition coefficient (Wildman–Crippen LogP) is -0.159. The lowest BCUT2D eigenvalue weighted by Crippen LogP contribution is -2.42. The highest BCUT2D eigenvalue weighted by Crippen LogP contribution is 2.39. The maximum Gasteiger partial charge on any atom is 0.469 e. The standard InChI is InChI=1S/C8H8F3NO5/c9-8(10,11)7-12-3-5(15)4(14)2(1-13)16-6(3)17-7/h2,4-5,13-15H,1H2/t2-,4+,5-/m1/s1. The fourth-order valence-electron chi connectivity index (χ4n) is 1.43. The van der Waals surface area contributed by atoms with Gasteiger partial charge in [-0.3, -0.25) is 0 Å². The summed E-state index contributed by atoms with van der Waals surface area (Å²) in [6.07, 6.45) is -9.35. The SMILES string of the molecule is OC[C@H]1Oc2oc(C(F)(F)F)nc2[C@@H](O)[C@H]1O. The maximum atomic E-state index is 12.3. The number of aliphatic hydroxyl groups excluding tert-OH is 3. The molecule has 0 aliphatic carbocycles. The van der Waals surface area contributed by atoms with Gasteiger partial charge in [-0.15, -0.1) is 0 Å². The first kappa shape index (κ1) is 12.1. The van der Waals surface area contributed by atoms with Crippen LogP contribution in [0.2, 0.25) is 0 Å². The summed E-state index contributed by atoms with van der Waals surface area (Å²) < 4.78 is 45.8. The number of halogens is 3. The molecule has 0 saturated carbocycles. The van der Waals surface area contributed by atoms with Gasteiger partial charge < -0.3 is 24.5 Å². The number of hydrogen-bond donors (Lipinski definition) is 3. The molecule has 17 heavy (non-hydrogen) atoms. The van der Waals surface area contributed by atoms with Gasteiger partial charge in [0.25, 0.3) is 0 Å². The molecule has 1 aromatic rings. The second-order valence-corrected chi connectivity index (χ2v) is 3.46. The molecule has 3 N–H and O–H groups in total. The first-order valence-electron chi connectivity index (χ1n) is 4.56. The lowest BCUT2D eigenvalue weighted by molar-refractivity contribution is -0.158. The first-order valence-corrected chi connectivity index (χ1v) is 4.56. The number of ether oxygens (including phenoxy) is 1. The summed E-state index contributed by atoms with van der Waals surface area (Å²) in [5.41, 5.74) is -0.533. The third-order valence-electron chi connectivity index (χ3n) is 2.29. The fourth-order valence-corrected chi connectivity index (χ4v) is 1.43. The minimum Gasteiger partial charge on any atom is -0.455 e. The molecule has 0 saturated heterocycles. The summed E-state index contributed by atoms with van der Waals surface area (Å²) in [5, 5.41) is 27.7. The maximum absolute atomic E-state index is 12.3. The molecular weight excluding hydrogens is 247 g/mol. The Morgan fingerprint density at radius 1 is 1.29 bits per heavy atom. The van der Waals surface area contributed by atoms with Crippen LogP contribution in [0.3, 0.4) is 0 Å². The molecule has 1 aliphatic heterocycles. The van der Waals surface area contributed by atoms with Gasteiger partial charge >= 0.3 is 18.0 Å². The fraction of sp³-hybridized carbons (Fsp3) is 0.625. The van der Waals surface area contributed by atoms with E-state index >= 15 is 0 Å². The zero-order valence-electron chi connectivity index (χ0n) is 8.18. The molecule has 2 heterocycles. The van der Waals surface area contributed by atoms with Crippen LogP contribution in [0, 0.1) is 0 Å². The smallest absolute Gasteiger partial charge is 0.455 e. The van der Waals surface area contributed by atoms with E-state index < -0.39 is 48.6 Å². The molecule has 1 aromatic heterocycles. The Kier molecular flexibility index (Phi) is 2.76. The number of fused-ring (bicyclic) bond motifs is 1. The summed E-state index contributed by atoms with van der Waals surface area (Å²) in [6, 6.07) is 0. The zero-order chi connectivity index (χ0) is 12.8. The average molecular weight is 255 g/mol. The largest absolute Gasteiger partial charge is 0.469 e. The second kappa shape index (κ2) is 3.86. The Balaban J connectivity index is 2.39. The molecule has 9 heteroatoms. The van der Waals surface area contributed by atoms with Crippen molar-refractivity contribution >= 4 is 0 Å². The van der Waals surface area contributed by atoms with Crippen LogP contribution in [-0.2, 0) is 6.18 Å². The van der Waals surface area contributed by atoms with Gasteiger partial charge in [-0.1, -0.05) is 0 Å². The Labute approximate surface area is 92.3 Å². The van der Waals surface area contributed by atoms with E-state index in [2.05, 4.69) is 9.40 Å². The van der Waals surface area contributed by atoms with Crippen molar-refractivity contribution in [3.05, 3.63) is 11.6 Å². The van der Waals surface area contributed by atoms with Crippen molar-refractivity contribution in [3.63, 3.8) is 0 Å². The molecule has 0 radical (unpaired) electrons. The molecule has 6 nitrogen and oxygen atoms in total. The van der Waals surface area contributed by atoms with E-state index in [1.54, 1.807) is 0 Å². The van der Waals surface area contributed by atoms with Crippen LogP contribution in [0.4, 0.5) is 13.2 Å². The lowest BCUT2D eigenvalue weighted by Gasteiger charge is -2.28. The van der Waals surface area contributed by atoms with E-state index in [-0.39, 0.29) is 0 Å². The highest BCUT2D eigenvalue weighted by atomic mass is 19.4. The molecule has 0 spiro atoms. The number of aliphatic hydroxyl groups is 3. The topological polar surface area (TPSA) is 96.0 Å². The number of alkyl halides is 3. The Morgan fingerprint density at radius 2 is 1.94 bits per heavy atom. The van der Waals surface area contributed by atoms with Crippen molar-refractivity contribution < 1.29 is 37.6 Å². The zero-order valence-corrected chi connectivity index (χ0v) is 8.18. The summed E-state index contributed by atoms with van der Waals surface area (Å²) in [5.74, 6) is -2.22. The van der Waals surface area contributed by atoms with Crippen molar-refractivity contribution in [2.75, 3.05) is 6.61 Å². The number of oxazole rings is 1. The van der Waals surface area contributed by atoms with Crippen LogP contribution in [0.1, 0.15) is 17.7 Å². The number of nitrogens with zero attached hydrogens (tertiary/aromatic N) is 1. The van der Waals surface area contributed by atoms with Gasteiger partial charge in [-0.25, -0.2) is 4.98 Å². The molecule has 96 valence electrons. The van der Waals surface area contributed by atoms with Gasteiger partial charge in [-0.2, -0.15) is 13.2 Å². The van der Waals surface area contributed by atoms with Gasteiger partial charge in [-0.05, 0) is 0 Å². The van der Waals surface area contributed by atoms with Crippen molar-refractivity contribution in [1.82, 2.24) is 4.98 Å². The minimum atomic E-state index is -4.82. The van der Waals surface area contributed by atoms with Crippen LogP contribution in [0.25, 0.3) is 0 Å². The van der Waals surface area contributed by atoms with Crippen LogP contribution < -0.4 is 4.74 Å². The number of hydrogen-bond acceptors (Lipinski definition) is 6. The van der Waals surface area contributed by atoms with Crippen LogP contribution >= 0.6 is 0 Å². The van der Waals surface area contributed by atoms with Crippen LogP contribution in [0.15, 0.2) is 4.42 Å². The van der Waals surface area contributed by atoms with Crippen LogP contribution in [0.5, 0.6) is 5.95 Å². The van der Waals surface area contributed by atoms with Crippen LogP contribution in [-0.4, -0.2) is 39.1 Å². The molecule has 0 bridgehead atoms. The molecule has 1 aliphatic rings.